The maximum absolute atomic E-state index is 11.4. The van der Waals surface area contributed by atoms with Crippen molar-refractivity contribution in [3.63, 3.8) is 0 Å². The summed E-state index contributed by atoms with van der Waals surface area (Å²) < 4.78 is 22.7. The van der Waals surface area contributed by atoms with E-state index in [0.29, 0.717) is 18.0 Å². The summed E-state index contributed by atoms with van der Waals surface area (Å²) in [7, 11) is -2.88. The van der Waals surface area contributed by atoms with E-state index in [1.807, 2.05) is 11.8 Å². The summed E-state index contributed by atoms with van der Waals surface area (Å²) in [5, 5.41) is 0.774. The second-order valence-corrected chi connectivity index (χ2v) is 7.63. The highest BCUT2D eigenvalue weighted by Gasteiger charge is 2.24. The Balaban J connectivity index is 2.16. The van der Waals surface area contributed by atoms with Gasteiger partial charge in [-0.05, 0) is 6.42 Å². The van der Waals surface area contributed by atoms with E-state index in [9.17, 15) is 13.2 Å². The minimum Gasteiger partial charge on any atom is -0.346 e. The highest BCUT2D eigenvalue weighted by atomic mass is 32.2. The lowest BCUT2D eigenvalue weighted by molar-refractivity contribution is 0.112. The van der Waals surface area contributed by atoms with Crippen LogP contribution >= 0.6 is 11.3 Å². The number of aryl methyl sites for hydroxylation is 1. The van der Waals surface area contributed by atoms with Crippen LogP contribution in [0.1, 0.15) is 28.7 Å². The van der Waals surface area contributed by atoms with E-state index in [0.717, 1.165) is 30.0 Å². The lowest BCUT2D eigenvalue weighted by Crippen LogP contribution is -2.40. The Morgan fingerprint density at radius 2 is 2.06 bits per heavy atom. The van der Waals surface area contributed by atoms with Crippen molar-refractivity contribution in [3.8, 4) is 0 Å². The molecule has 0 spiro atoms. The number of sulfone groups is 1. The Hall–Kier alpha value is -0.950. The molecule has 2 rings (SSSR count). The third-order valence-electron chi connectivity index (χ3n) is 2.93. The van der Waals surface area contributed by atoms with Gasteiger partial charge in [-0.3, -0.25) is 4.79 Å². The molecule has 0 amide bonds. The Bertz CT molecular complexity index is 522. The molecule has 0 aliphatic carbocycles. The average Bonchev–Trinajstić information content (AvgIpc) is 2.73. The minimum absolute atomic E-state index is 0.173. The molecule has 0 aromatic carbocycles. The zero-order valence-electron chi connectivity index (χ0n) is 10.3. The van der Waals surface area contributed by atoms with Crippen molar-refractivity contribution in [3.05, 3.63) is 10.6 Å². The number of aldehydes is 1. The van der Waals surface area contributed by atoms with Crippen LogP contribution in [-0.4, -0.2) is 44.3 Å². The van der Waals surface area contributed by atoms with Gasteiger partial charge in [0.15, 0.2) is 21.3 Å². The second kappa shape index (κ2) is 5.36. The molecule has 0 radical (unpaired) electrons. The summed E-state index contributed by atoms with van der Waals surface area (Å²) in [6.07, 6.45) is 2.57. The van der Waals surface area contributed by atoms with Crippen LogP contribution < -0.4 is 4.90 Å². The largest absolute Gasteiger partial charge is 0.346 e. The number of thiazole rings is 1. The van der Waals surface area contributed by atoms with Gasteiger partial charge in [-0.1, -0.05) is 24.7 Å². The van der Waals surface area contributed by atoms with E-state index in [2.05, 4.69) is 4.98 Å². The number of aromatic nitrogens is 1. The number of hydrogen-bond donors (Lipinski definition) is 0. The lowest BCUT2D eigenvalue weighted by atomic mass is 10.2. The molecule has 1 aromatic rings. The van der Waals surface area contributed by atoms with Crippen molar-refractivity contribution < 1.29 is 13.2 Å². The minimum atomic E-state index is -2.88. The lowest BCUT2D eigenvalue weighted by Gasteiger charge is -2.25. The third kappa shape index (κ3) is 2.89. The molecule has 7 heteroatoms. The van der Waals surface area contributed by atoms with Crippen LogP contribution in [0.3, 0.4) is 0 Å². The summed E-state index contributed by atoms with van der Waals surface area (Å²) >= 11 is 1.36. The molecule has 2 heterocycles. The van der Waals surface area contributed by atoms with Gasteiger partial charge in [0.2, 0.25) is 0 Å². The standard InChI is InChI=1S/C11H16N2O3S2/c1-2-3-9-10(8-14)17-11(12-9)13-4-6-18(15,16)7-5-13/h8H,2-7H2,1H3. The number of hydrogen-bond acceptors (Lipinski definition) is 6. The van der Waals surface area contributed by atoms with Crippen molar-refractivity contribution in [2.45, 2.75) is 19.8 Å². The van der Waals surface area contributed by atoms with Crippen molar-refractivity contribution in [1.29, 1.82) is 0 Å². The molecule has 1 aliphatic rings. The highest BCUT2D eigenvalue weighted by Crippen LogP contribution is 2.27. The Kier molecular flexibility index (Phi) is 4.01. The molecular weight excluding hydrogens is 272 g/mol. The first-order chi connectivity index (χ1) is 8.55. The molecule has 1 saturated heterocycles. The molecule has 1 aliphatic heterocycles. The van der Waals surface area contributed by atoms with Crippen LogP contribution in [0.2, 0.25) is 0 Å². The summed E-state index contributed by atoms with van der Waals surface area (Å²) in [5.41, 5.74) is 0.834. The molecule has 0 bridgehead atoms. The topological polar surface area (TPSA) is 67.3 Å². The van der Waals surface area contributed by atoms with Crippen molar-refractivity contribution in [2.75, 3.05) is 29.5 Å². The SMILES string of the molecule is CCCc1nc(N2CCS(=O)(=O)CC2)sc1C=O. The molecule has 0 unspecified atom stereocenters. The van der Waals surface area contributed by atoms with Crippen LogP contribution in [0.25, 0.3) is 0 Å². The normalized spacial score (nSPS) is 18.8. The Morgan fingerprint density at radius 3 is 2.61 bits per heavy atom. The van der Waals surface area contributed by atoms with E-state index < -0.39 is 9.84 Å². The van der Waals surface area contributed by atoms with Crippen LogP contribution in [0.4, 0.5) is 5.13 Å². The van der Waals surface area contributed by atoms with Crippen molar-refractivity contribution >= 4 is 32.6 Å². The predicted molar refractivity (Wildman–Crippen MR) is 72.4 cm³/mol. The fourth-order valence-electron chi connectivity index (χ4n) is 1.90. The van der Waals surface area contributed by atoms with Gasteiger partial charge in [0.25, 0.3) is 0 Å². The zero-order chi connectivity index (χ0) is 13.2. The van der Waals surface area contributed by atoms with Gasteiger partial charge in [-0.2, -0.15) is 0 Å². The third-order valence-corrected chi connectivity index (χ3v) is 5.62. The van der Waals surface area contributed by atoms with Crippen molar-refractivity contribution in [2.24, 2.45) is 0 Å². The monoisotopic (exact) mass is 288 g/mol. The number of anilines is 1. The molecule has 100 valence electrons. The van der Waals surface area contributed by atoms with Gasteiger partial charge < -0.3 is 4.90 Å². The summed E-state index contributed by atoms with van der Waals surface area (Å²) in [4.78, 5) is 18.0. The van der Waals surface area contributed by atoms with E-state index in [-0.39, 0.29) is 11.5 Å². The van der Waals surface area contributed by atoms with E-state index in [4.69, 9.17) is 0 Å². The fraction of sp³-hybridized carbons (Fsp3) is 0.636. The van der Waals surface area contributed by atoms with Gasteiger partial charge in [0.05, 0.1) is 22.1 Å². The van der Waals surface area contributed by atoms with Gasteiger partial charge in [0, 0.05) is 13.1 Å². The number of carbonyl (C=O) groups excluding carboxylic acids is 1. The van der Waals surface area contributed by atoms with Crippen LogP contribution in [0, 0.1) is 0 Å². The maximum Gasteiger partial charge on any atom is 0.186 e. The molecule has 0 N–H and O–H groups in total. The summed E-state index contributed by atoms with van der Waals surface area (Å²) in [5.74, 6) is 0.345. The van der Waals surface area contributed by atoms with Gasteiger partial charge in [0.1, 0.15) is 0 Å². The van der Waals surface area contributed by atoms with Gasteiger partial charge in [-0.25, -0.2) is 13.4 Å². The molecular formula is C11H16N2O3S2. The molecule has 18 heavy (non-hydrogen) atoms. The smallest absolute Gasteiger partial charge is 0.186 e. The molecule has 0 atom stereocenters. The first-order valence-electron chi connectivity index (χ1n) is 5.96. The Morgan fingerprint density at radius 1 is 1.39 bits per heavy atom. The highest BCUT2D eigenvalue weighted by molar-refractivity contribution is 7.91. The maximum atomic E-state index is 11.4. The van der Waals surface area contributed by atoms with E-state index >= 15 is 0 Å². The zero-order valence-corrected chi connectivity index (χ0v) is 11.9. The first kappa shape index (κ1) is 13.5. The van der Waals surface area contributed by atoms with Crippen LogP contribution in [0.5, 0.6) is 0 Å². The Labute approximate surface area is 111 Å². The van der Waals surface area contributed by atoms with E-state index in [1.54, 1.807) is 0 Å². The fourth-order valence-corrected chi connectivity index (χ4v) is 4.08. The first-order valence-corrected chi connectivity index (χ1v) is 8.60. The molecule has 1 fully saturated rings. The summed E-state index contributed by atoms with van der Waals surface area (Å²) in [6, 6.07) is 0. The van der Waals surface area contributed by atoms with Gasteiger partial charge >= 0.3 is 0 Å². The number of rotatable bonds is 4. The van der Waals surface area contributed by atoms with E-state index in [1.165, 1.54) is 11.3 Å². The van der Waals surface area contributed by atoms with Crippen LogP contribution in [-0.2, 0) is 16.3 Å². The predicted octanol–water partition coefficient (Wildman–Crippen LogP) is 1.14. The van der Waals surface area contributed by atoms with Gasteiger partial charge in [-0.15, -0.1) is 0 Å². The molecule has 5 nitrogen and oxygen atoms in total. The summed E-state index contributed by atoms with van der Waals surface area (Å²) in [6.45, 7) is 2.99. The van der Waals surface area contributed by atoms with Crippen LogP contribution in [0.15, 0.2) is 0 Å². The average molecular weight is 288 g/mol. The number of nitrogens with zero attached hydrogens (tertiary/aromatic N) is 2. The quantitative estimate of drug-likeness (QED) is 0.777. The molecule has 0 saturated carbocycles. The number of carbonyl (C=O) groups is 1. The second-order valence-electron chi connectivity index (χ2n) is 4.31. The molecule has 1 aromatic heterocycles. The van der Waals surface area contributed by atoms with Crippen molar-refractivity contribution in [1.82, 2.24) is 4.98 Å².